The van der Waals surface area contributed by atoms with Crippen LogP contribution < -0.4 is 4.90 Å². The molecule has 0 bridgehead atoms. The van der Waals surface area contributed by atoms with E-state index in [0.29, 0.717) is 18.4 Å². The van der Waals surface area contributed by atoms with E-state index >= 15 is 0 Å². The highest BCUT2D eigenvalue weighted by atomic mass is 16.2. The molecule has 1 fully saturated rings. The number of benzene rings is 1. The molecule has 1 atom stereocenters. The lowest BCUT2D eigenvalue weighted by Crippen LogP contribution is -2.36. The SMILES string of the molecule is CC(Cc1ccccn1)N(C)C(=O)c1cccc(N2CCCC2=O)c1. The Morgan fingerprint density at radius 3 is 2.80 bits per heavy atom. The van der Waals surface area contributed by atoms with Gasteiger partial charge in [-0.05, 0) is 43.7 Å². The maximum atomic E-state index is 12.8. The highest BCUT2D eigenvalue weighted by Crippen LogP contribution is 2.23. The second-order valence-electron chi connectivity index (χ2n) is 6.49. The molecule has 0 N–H and O–H groups in total. The minimum atomic E-state index is -0.0445. The van der Waals surface area contributed by atoms with E-state index in [1.807, 2.05) is 50.4 Å². The standard InChI is InChI=1S/C20H23N3O2/c1-15(13-17-8-3-4-11-21-17)22(2)20(25)16-7-5-9-18(14-16)23-12-6-10-19(23)24/h3-5,7-9,11,14-15H,6,10,12-13H2,1-2H3. The average Bonchev–Trinajstić information content (AvgIpc) is 3.07. The predicted octanol–water partition coefficient (Wildman–Crippen LogP) is 2.91. The number of anilines is 1. The molecule has 0 aliphatic carbocycles. The second-order valence-corrected chi connectivity index (χ2v) is 6.49. The molecule has 1 saturated heterocycles. The third-order valence-electron chi connectivity index (χ3n) is 4.69. The summed E-state index contributed by atoms with van der Waals surface area (Å²) in [6.45, 7) is 2.74. The molecular formula is C20H23N3O2. The van der Waals surface area contributed by atoms with Crippen LogP contribution in [-0.2, 0) is 11.2 Å². The van der Waals surface area contributed by atoms with Crippen LogP contribution in [0.15, 0.2) is 48.7 Å². The zero-order valence-electron chi connectivity index (χ0n) is 14.7. The summed E-state index contributed by atoms with van der Waals surface area (Å²) in [6, 6.07) is 13.2. The summed E-state index contributed by atoms with van der Waals surface area (Å²) >= 11 is 0. The predicted molar refractivity (Wildman–Crippen MR) is 97.5 cm³/mol. The Bertz CT molecular complexity index is 761. The van der Waals surface area contributed by atoms with Gasteiger partial charge in [0.25, 0.3) is 5.91 Å². The first-order valence-corrected chi connectivity index (χ1v) is 8.64. The largest absolute Gasteiger partial charge is 0.339 e. The number of aromatic nitrogens is 1. The van der Waals surface area contributed by atoms with Crippen LogP contribution in [0.3, 0.4) is 0 Å². The van der Waals surface area contributed by atoms with E-state index in [9.17, 15) is 9.59 Å². The molecule has 25 heavy (non-hydrogen) atoms. The lowest BCUT2D eigenvalue weighted by atomic mass is 10.1. The molecule has 5 nitrogen and oxygen atoms in total. The number of amides is 2. The summed E-state index contributed by atoms with van der Waals surface area (Å²) in [7, 11) is 1.81. The van der Waals surface area contributed by atoms with E-state index in [1.54, 1.807) is 22.1 Å². The Labute approximate surface area is 148 Å². The molecular weight excluding hydrogens is 314 g/mol. The van der Waals surface area contributed by atoms with E-state index in [2.05, 4.69) is 4.98 Å². The summed E-state index contributed by atoms with van der Waals surface area (Å²) < 4.78 is 0. The van der Waals surface area contributed by atoms with Gasteiger partial charge in [0.2, 0.25) is 5.91 Å². The van der Waals surface area contributed by atoms with Gasteiger partial charge < -0.3 is 9.80 Å². The first kappa shape index (κ1) is 17.1. The van der Waals surface area contributed by atoms with Crippen molar-refractivity contribution in [2.24, 2.45) is 0 Å². The van der Waals surface area contributed by atoms with Crippen molar-refractivity contribution in [3.05, 3.63) is 59.9 Å². The Hall–Kier alpha value is -2.69. The van der Waals surface area contributed by atoms with Crippen molar-refractivity contribution in [2.45, 2.75) is 32.2 Å². The van der Waals surface area contributed by atoms with Gasteiger partial charge >= 0.3 is 0 Å². The molecule has 1 aromatic carbocycles. The summed E-state index contributed by atoms with van der Waals surface area (Å²) in [4.78, 5) is 32.6. The molecule has 1 aliphatic rings. The molecule has 0 saturated carbocycles. The van der Waals surface area contributed by atoms with Crippen molar-refractivity contribution in [2.75, 3.05) is 18.5 Å². The Morgan fingerprint density at radius 1 is 1.28 bits per heavy atom. The monoisotopic (exact) mass is 337 g/mol. The lowest BCUT2D eigenvalue weighted by molar-refractivity contribution is -0.117. The Balaban J connectivity index is 1.72. The van der Waals surface area contributed by atoms with Gasteiger partial charge in [0.15, 0.2) is 0 Å². The zero-order valence-corrected chi connectivity index (χ0v) is 14.7. The summed E-state index contributed by atoms with van der Waals surface area (Å²) in [5.41, 5.74) is 2.37. The van der Waals surface area contributed by atoms with Crippen molar-refractivity contribution in [1.82, 2.24) is 9.88 Å². The average molecular weight is 337 g/mol. The molecule has 1 aliphatic heterocycles. The van der Waals surface area contributed by atoms with Crippen LogP contribution in [0.4, 0.5) is 5.69 Å². The second kappa shape index (κ2) is 7.47. The van der Waals surface area contributed by atoms with E-state index in [0.717, 1.165) is 24.3 Å². The number of rotatable bonds is 5. The van der Waals surface area contributed by atoms with E-state index in [4.69, 9.17) is 0 Å². The maximum Gasteiger partial charge on any atom is 0.253 e. The minimum Gasteiger partial charge on any atom is -0.339 e. The number of hydrogen-bond donors (Lipinski definition) is 0. The van der Waals surface area contributed by atoms with E-state index < -0.39 is 0 Å². The van der Waals surface area contributed by atoms with Gasteiger partial charge in [-0.15, -0.1) is 0 Å². The minimum absolute atomic E-state index is 0.0273. The van der Waals surface area contributed by atoms with Gasteiger partial charge in [-0.25, -0.2) is 0 Å². The van der Waals surface area contributed by atoms with Crippen molar-refractivity contribution in [3.63, 3.8) is 0 Å². The van der Waals surface area contributed by atoms with Gasteiger partial charge in [0.1, 0.15) is 0 Å². The Morgan fingerprint density at radius 2 is 2.12 bits per heavy atom. The molecule has 0 spiro atoms. The fourth-order valence-electron chi connectivity index (χ4n) is 3.09. The molecule has 3 rings (SSSR count). The first-order chi connectivity index (χ1) is 12.1. The summed E-state index contributed by atoms with van der Waals surface area (Å²) in [5, 5.41) is 0. The van der Waals surface area contributed by atoms with Crippen LogP contribution in [-0.4, -0.2) is 41.3 Å². The number of likely N-dealkylation sites (N-methyl/N-ethyl adjacent to an activating group) is 1. The van der Waals surface area contributed by atoms with Crippen molar-refractivity contribution in [3.8, 4) is 0 Å². The molecule has 2 amide bonds. The first-order valence-electron chi connectivity index (χ1n) is 8.64. The Kier molecular flexibility index (Phi) is 5.12. The van der Waals surface area contributed by atoms with Gasteiger partial charge in [-0.2, -0.15) is 0 Å². The third-order valence-corrected chi connectivity index (χ3v) is 4.69. The summed E-state index contributed by atoms with van der Waals surface area (Å²) in [6.07, 6.45) is 3.92. The number of hydrogen-bond acceptors (Lipinski definition) is 3. The molecule has 5 heteroatoms. The number of pyridine rings is 1. The maximum absolute atomic E-state index is 12.8. The van der Waals surface area contributed by atoms with Crippen LogP contribution in [0.2, 0.25) is 0 Å². The van der Waals surface area contributed by atoms with Crippen LogP contribution in [0.1, 0.15) is 35.8 Å². The quantitative estimate of drug-likeness (QED) is 0.843. The zero-order chi connectivity index (χ0) is 17.8. The lowest BCUT2D eigenvalue weighted by Gasteiger charge is -2.25. The van der Waals surface area contributed by atoms with Gasteiger partial charge in [0.05, 0.1) is 0 Å². The molecule has 1 unspecified atom stereocenters. The van der Waals surface area contributed by atoms with Crippen LogP contribution in [0.5, 0.6) is 0 Å². The molecule has 0 radical (unpaired) electrons. The molecule has 2 heterocycles. The summed E-state index contributed by atoms with van der Waals surface area (Å²) in [5.74, 6) is 0.0819. The van der Waals surface area contributed by atoms with Gasteiger partial charge in [0, 0.05) is 55.6 Å². The smallest absolute Gasteiger partial charge is 0.253 e. The van der Waals surface area contributed by atoms with Crippen molar-refractivity contribution < 1.29 is 9.59 Å². The molecule has 130 valence electrons. The van der Waals surface area contributed by atoms with Crippen LogP contribution in [0.25, 0.3) is 0 Å². The number of carbonyl (C=O) groups excluding carboxylic acids is 2. The highest BCUT2D eigenvalue weighted by molar-refractivity contribution is 5.99. The number of carbonyl (C=O) groups is 2. The van der Waals surface area contributed by atoms with E-state index in [1.165, 1.54) is 0 Å². The molecule has 2 aromatic rings. The molecule has 1 aromatic heterocycles. The van der Waals surface area contributed by atoms with Gasteiger partial charge in [-0.3, -0.25) is 14.6 Å². The van der Waals surface area contributed by atoms with Crippen molar-refractivity contribution in [1.29, 1.82) is 0 Å². The number of nitrogens with zero attached hydrogens (tertiary/aromatic N) is 3. The third kappa shape index (κ3) is 3.87. The van der Waals surface area contributed by atoms with Crippen molar-refractivity contribution >= 4 is 17.5 Å². The fraction of sp³-hybridized carbons (Fsp3) is 0.350. The van der Waals surface area contributed by atoms with E-state index in [-0.39, 0.29) is 17.9 Å². The van der Waals surface area contributed by atoms with Crippen LogP contribution in [0, 0.1) is 0 Å². The van der Waals surface area contributed by atoms with Gasteiger partial charge in [-0.1, -0.05) is 12.1 Å². The normalized spacial score (nSPS) is 15.3. The topological polar surface area (TPSA) is 53.5 Å². The fourth-order valence-corrected chi connectivity index (χ4v) is 3.09. The van der Waals surface area contributed by atoms with Crippen LogP contribution >= 0.6 is 0 Å². The highest BCUT2D eigenvalue weighted by Gasteiger charge is 2.23.